The zero-order chi connectivity index (χ0) is 9.42. The summed E-state index contributed by atoms with van der Waals surface area (Å²) in [6.45, 7) is 0. The lowest BCUT2D eigenvalue weighted by Gasteiger charge is -2.01. The lowest BCUT2D eigenvalue weighted by molar-refractivity contribution is 1.29. The molecule has 0 atom stereocenters. The van der Waals surface area contributed by atoms with Crippen molar-refractivity contribution < 1.29 is 0 Å². The van der Waals surface area contributed by atoms with Gasteiger partial charge in [0, 0.05) is 5.69 Å². The third-order valence-corrected chi connectivity index (χ3v) is 2.67. The molecule has 2 aromatic rings. The maximum Gasteiger partial charge on any atom is 0.148 e. The number of nitrogens with two attached hydrogens (primary N) is 1. The molecular weight excluding hydrogens is 253 g/mol. The van der Waals surface area contributed by atoms with E-state index in [2.05, 4.69) is 25.9 Å². The Labute approximate surface area is 88.1 Å². The molecule has 1 aromatic heterocycles. The molecule has 0 fully saturated rings. The first-order valence-corrected chi connectivity index (χ1v) is 4.72. The minimum absolute atomic E-state index is 0.379. The summed E-state index contributed by atoms with van der Waals surface area (Å²) in [4.78, 5) is 8.21. The molecule has 1 heterocycles. The van der Waals surface area contributed by atoms with Crippen LogP contribution < -0.4 is 5.73 Å². The van der Waals surface area contributed by atoms with Crippen LogP contribution in [0.5, 0.6) is 0 Å². The van der Waals surface area contributed by atoms with Crippen LogP contribution in [0.15, 0.2) is 22.8 Å². The second kappa shape index (κ2) is 3.12. The molecule has 2 N–H and O–H groups in total. The normalized spacial score (nSPS) is 10.6. The molecule has 0 saturated heterocycles. The molecule has 0 aliphatic carbocycles. The number of hydrogen-bond donors (Lipinski definition) is 1. The predicted molar refractivity (Wildman–Crippen MR) is 56.7 cm³/mol. The Morgan fingerprint density at radius 2 is 2.15 bits per heavy atom. The Kier molecular flexibility index (Phi) is 2.09. The summed E-state index contributed by atoms with van der Waals surface area (Å²) in [5, 5.41) is 0.379. The van der Waals surface area contributed by atoms with Crippen molar-refractivity contribution in [2.45, 2.75) is 0 Å². The van der Waals surface area contributed by atoms with E-state index in [4.69, 9.17) is 17.3 Å². The fourth-order valence-corrected chi connectivity index (χ4v) is 1.62. The van der Waals surface area contributed by atoms with Gasteiger partial charge in [0.25, 0.3) is 0 Å². The van der Waals surface area contributed by atoms with Crippen LogP contribution in [0.25, 0.3) is 11.0 Å². The SMILES string of the molecule is Nc1ccc2nc(Cl)cnc2c1Br. The Bertz CT molecular complexity index is 472. The van der Waals surface area contributed by atoms with Gasteiger partial charge < -0.3 is 5.73 Å². The van der Waals surface area contributed by atoms with Crippen molar-refractivity contribution in [3.63, 3.8) is 0 Å². The van der Waals surface area contributed by atoms with Crippen molar-refractivity contribution >= 4 is 44.3 Å². The smallest absolute Gasteiger partial charge is 0.148 e. The lowest BCUT2D eigenvalue weighted by atomic mass is 10.3. The molecule has 0 bridgehead atoms. The number of anilines is 1. The Hall–Kier alpha value is -0.870. The van der Waals surface area contributed by atoms with Crippen molar-refractivity contribution in [1.29, 1.82) is 0 Å². The van der Waals surface area contributed by atoms with Crippen molar-refractivity contribution in [1.82, 2.24) is 9.97 Å². The van der Waals surface area contributed by atoms with Crippen LogP contribution in [0.1, 0.15) is 0 Å². The summed E-state index contributed by atoms with van der Waals surface area (Å²) in [5.74, 6) is 0. The summed E-state index contributed by atoms with van der Waals surface area (Å²) in [5.41, 5.74) is 7.78. The first kappa shape index (κ1) is 8.72. The molecule has 0 aliphatic rings. The summed E-state index contributed by atoms with van der Waals surface area (Å²) in [6, 6.07) is 3.55. The second-order valence-corrected chi connectivity index (χ2v) is 3.71. The van der Waals surface area contributed by atoms with Crippen molar-refractivity contribution in [3.8, 4) is 0 Å². The zero-order valence-corrected chi connectivity index (χ0v) is 8.80. The zero-order valence-electron chi connectivity index (χ0n) is 6.46. The maximum atomic E-state index is 5.69. The average molecular weight is 259 g/mol. The largest absolute Gasteiger partial charge is 0.398 e. The van der Waals surface area contributed by atoms with Gasteiger partial charge in [0.05, 0.1) is 16.2 Å². The standard InChI is InChI=1S/C8H5BrClN3/c9-7-4(11)1-2-5-8(7)12-3-6(10)13-5/h1-3H,11H2. The highest BCUT2D eigenvalue weighted by atomic mass is 79.9. The minimum Gasteiger partial charge on any atom is -0.398 e. The van der Waals surface area contributed by atoms with Gasteiger partial charge in [-0.05, 0) is 28.1 Å². The fraction of sp³-hybridized carbons (Fsp3) is 0. The minimum atomic E-state index is 0.379. The van der Waals surface area contributed by atoms with Gasteiger partial charge in [-0.2, -0.15) is 0 Å². The summed E-state index contributed by atoms with van der Waals surface area (Å²) < 4.78 is 0.758. The molecule has 0 saturated carbocycles. The van der Waals surface area contributed by atoms with E-state index in [1.165, 1.54) is 6.20 Å². The number of hydrogen-bond acceptors (Lipinski definition) is 3. The molecule has 0 spiro atoms. The van der Waals surface area contributed by atoms with Crippen molar-refractivity contribution in [2.75, 3.05) is 5.73 Å². The van der Waals surface area contributed by atoms with E-state index in [1.54, 1.807) is 12.1 Å². The van der Waals surface area contributed by atoms with E-state index in [1.807, 2.05) is 0 Å². The molecule has 13 heavy (non-hydrogen) atoms. The van der Waals surface area contributed by atoms with Crippen LogP contribution in [-0.2, 0) is 0 Å². The molecule has 0 unspecified atom stereocenters. The van der Waals surface area contributed by atoms with Gasteiger partial charge in [-0.1, -0.05) is 11.6 Å². The van der Waals surface area contributed by atoms with E-state index in [-0.39, 0.29) is 0 Å². The second-order valence-electron chi connectivity index (χ2n) is 2.53. The Balaban J connectivity index is 2.87. The topological polar surface area (TPSA) is 51.8 Å². The van der Waals surface area contributed by atoms with Crippen molar-refractivity contribution in [2.24, 2.45) is 0 Å². The average Bonchev–Trinajstić information content (AvgIpc) is 2.12. The molecule has 2 rings (SSSR count). The van der Waals surface area contributed by atoms with Crippen LogP contribution >= 0.6 is 27.5 Å². The summed E-state index contributed by atoms with van der Waals surface area (Å²) >= 11 is 9.03. The number of rotatable bonds is 0. The van der Waals surface area contributed by atoms with E-state index in [0.717, 1.165) is 15.5 Å². The molecular formula is C8H5BrClN3. The molecule has 0 aliphatic heterocycles. The van der Waals surface area contributed by atoms with Crippen LogP contribution in [0.2, 0.25) is 5.15 Å². The van der Waals surface area contributed by atoms with Gasteiger partial charge in [0.1, 0.15) is 10.7 Å². The Morgan fingerprint density at radius 1 is 1.38 bits per heavy atom. The van der Waals surface area contributed by atoms with Gasteiger partial charge in [0.2, 0.25) is 0 Å². The molecule has 1 aromatic carbocycles. The summed E-state index contributed by atoms with van der Waals surface area (Å²) in [6.07, 6.45) is 1.49. The van der Waals surface area contributed by atoms with Gasteiger partial charge in [0.15, 0.2) is 0 Å². The third kappa shape index (κ3) is 1.47. The Morgan fingerprint density at radius 3 is 2.92 bits per heavy atom. The predicted octanol–water partition coefficient (Wildman–Crippen LogP) is 2.63. The van der Waals surface area contributed by atoms with Crippen LogP contribution in [-0.4, -0.2) is 9.97 Å². The van der Waals surface area contributed by atoms with Gasteiger partial charge in [-0.25, -0.2) is 4.98 Å². The number of halogens is 2. The molecule has 0 radical (unpaired) electrons. The van der Waals surface area contributed by atoms with Gasteiger partial charge >= 0.3 is 0 Å². The molecule has 5 heteroatoms. The molecule has 3 nitrogen and oxygen atoms in total. The quantitative estimate of drug-likeness (QED) is 0.739. The number of nitrogen functional groups attached to an aromatic ring is 1. The first-order chi connectivity index (χ1) is 6.18. The number of nitrogens with zero attached hydrogens (tertiary/aromatic N) is 2. The molecule has 0 amide bonds. The van der Waals surface area contributed by atoms with E-state index in [0.29, 0.717) is 10.8 Å². The monoisotopic (exact) mass is 257 g/mol. The highest BCUT2D eigenvalue weighted by Gasteiger charge is 2.04. The highest BCUT2D eigenvalue weighted by molar-refractivity contribution is 9.10. The number of benzene rings is 1. The van der Waals surface area contributed by atoms with Crippen LogP contribution in [0.3, 0.4) is 0 Å². The highest BCUT2D eigenvalue weighted by Crippen LogP contribution is 2.27. The van der Waals surface area contributed by atoms with E-state index >= 15 is 0 Å². The lowest BCUT2D eigenvalue weighted by Crippen LogP contribution is -1.90. The van der Waals surface area contributed by atoms with E-state index in [9.17, 15) is 0 Å². The summed E-state index contributed by atoms with van der Waals surface area (Å²) in [7, 11) is 0. The van der Waals surface area contributed by atoms with Gasteiger partial charge in [-0.15, -0.1) is 0 Å². The first-order valence-electron chi connectivity index (χ1n) is 3.55. The maximum absolute atomic E-state index is 5.69. The number of aromatic nitrogens is 2. The third-order valence-electron chi connectivity index (χ3n) is 1.65. The molecule has 66 valence electrons. The van der Waals surface area contributed by atoms with E-state index < -0.39 is 0 Å². The van der Waals surface area contributed by atoms with Gasteiger partial charge in [-0.3, -0.25) is 4.98 Å². The van der Waals surface area contributed by atoms with Crippen LogP contribution in [0.4, 0.5) is 5.69 Å². The number of fused-ring (bicyclic) bond motifs is 1. The van der Waals surface area contributed by atoms with Crippen LogP contribution in [0, 0.1) is 0 Å². The fourth-order valence-electron chi connectivity index (χ4n) is 1.04. The van der Waals surface area contributed by atoms with Crippen molar-refractivity contribution in [3.05, 3.63) is 28.0 Å².